The second-order valence-electron chi connectivity index (χ2n) is 5.78. The Kier molecular flexibility index (Phi) is 4.76. The molecule has 3 rings (SSSR count). The summed E-state index contributed by atoms with van der Waals surface area (Å²) in [5.74, 6) is 0.423. The van der Waals surface area contributed by atoms with Crippen molar-refractivity contribution in [1.82, 2.24) is 9.97 Å². The molecule has 2 aromatic rings. The van der Waals surface area contributed by atoms with Gasteiger partial charge < -0.3 is 10.6 Å². The van der Waals surface area contributed by atoms with Crippen LogP contribution in [0.5, 0.6) is 0 Å². The highest BCUT2D eigenvalue weighted by Crippen LogP contribution is 2.24. The van der Waals surface area contributed by atoms with Gasteiger partial charge >= 0.3 is 0 Å². The van der Waals surface area contributed by atoms with Crippen molar-refractivity contribution in [3.63, 3.8) is 0 Å². The molecule has 23 heavy (non-hydrogen) atoms. The second kappa shape index (κ2) is 6.96. The molecule has 1 aliphatic rings. The summed E-state index contributed by atoms with van der Waals surface area (Å²) in [4.78, 5) is 20.7. The van der Waals surface area contributed by atoms with Crippen molar-refractivity contribution in [2.45, 2.75) is 38.6 Å². The van der Waals surface area contributed by atoms with Crippen LogP contribution in [0.15, 0.2) is 30.6 Å². The zero-order chi connectivity index (χ0) is 16.2. The van der Waals surface area contributed by atoms with Crippen molar-refractivity contribution >= 4 is 29.0 Å². The largest absolute Gasteiger partial charge is 0.367 e. The maximum Gasteiger partial charge on any atom is 0.274 e. The van der Waals surface area contributed by atoms with Gasteiger partial charge in [-0.05, 0) is 37.5 Å². The third-order valence-corrected chi connectivity index (χ3v) is 4.53. The third kappa shape index (κ3) is 3.79. The van der Waals surface area contributed by atoms with Crippen LogP contribution in [0.1, 0.15) is 41.7 Å². The van der Waals surface area contributed by atoms with Crippen molar-refractivity contribution < 1.29 is 4.79 Å². The first kappa shape index (κ1) is 15.7. The van der Waals surface area contributed by atoms with Gasteiger partial charge in [-0.15, -0.1) is 0 Å². The van der Waals surface area contributed by atoms with Crippen molar-refractivity contribution in [1.29, 1.82) is 0 Å². The van der Waals surface area contributed by atoms with Crippen LogP contribution in [0.4, 0.5) is 11.5 Å². The summed E-state index contributed by atoms with van der Waals surface area (Å²) in [5, 5.41) is 6.83. The first-order valence-corrected chi connectivity index (χ1v) is 8.16. The van der Waals surface area contributed by atoms with Gasteiger partial charge in [0.05, 0.1) is 0 Å². The normalized spacial score (nSPS) is 14.7. The van der Waals surface area contributed by atoms with E-state index in [9.17, 15) is 4.79 Å². The van der Waals surface area contributed by atoms with Crippen molar-refractivity contribution in [3.8, 4) is 0 Å². The number of nitrogens with zero attached hydrogens (tertiary/aromatic N) is 2. The van der Waals surface area contributed by atoms with Crippen LogP contribution < -0.4 is 10.6 Å². The third-order valence-electron chi connectivity index (χ3n) is 4.12. The zero-order valence-corrected chi connectivity index (χ0v) is 13.7. The van der Waals surface area contributed by atoms with Crippen molar-refractivity contribution in [2.75, 3.05) is 10.6 Å². The number of amides is 1. The van der Waals surface area contributed by atoms with E-state index in [1.807, 2.05) is 13.0 Å². The predicted octanol–water partition coefficient (Wildman–Crippen LogP) is 4.05. The van der Waals surface area contributed by atoms with E-state index in [1.165, 1.54) is 19.2 Å². The first-order chi connectivity index (χ1) is 11.1. The highest BCUT2D eigenvalue weighted by molar-refractivity contribution is 6.31. The first-order valence-electron chi connectivity index (χ1n) is 7.78. The number of nitrogens with one attached hydrogen (secondary N) is 2. The number of aromatic nitrogens is 2. The predicted molar refractivity (Wildman–Crippen MR) is 92.1 cm³/mol. The fourth-order valence-corrected chi connectivity index (χ4v) is 2.94. The Morgan fingerprint density at radius 3 is 2.83 bits per heavy atom. The van der Waals surface area contributed by atoms with E-state index in [0.717, 1.165) is 18.4 Å². The van der Waals surface area contributed by atoms with Gasteiger partial charge in [0.25, 0.3) is 5.91 Å². The van der Waals surface area contributed by atoms with E-state index in [1.54, 1.807) is 18.2 Å². The molecular formula is C17H19ClN4O. The molecule has 1 heterocycles. The van der Waals surface area contributed by atoms with Gasteiger partial charge in [0.15, 0.2) is 0 Å². The van der Waals surface area contributed by atoms with Crippen molar-refractivity contribution in [2.24, 2.45) is 0 Å². The summed E-state index contributed by atoms with van der Waals surface area (Å²) in [6.45, 7) is 1.87. The lowest BCUT2D eigenvalue weighted by molar-refractivity contribution is 0.102. The molecule has 1 aromatic heterocycles. The van der Waals surface area contributed by atoms with Crippen LogP contribution in [0.2, 0.25) is 5.02 Å². The maximum atomic E-state index is 12.4. The lowest BCUT2D eigenvalue weighted by atomic mass is 10.2. The number of carbonyl (C=O) groups is 1. The van der Waals surface area contributed by atoms with Crippen LogP contribution in [0, 0.1) is 6.92 Å². The fourth-order valence-electron chi connectivity index (χ4n) is 2.77. The topological polar surface area (TPSA) is 66.9 Å². The SMILES string of the molecule is Cc1c(Cl)cccc1NC(=O)c1cc(NC2CCCC2)ncn1. The Morgan fingerprint density at radius 2 is 2.04 bits per heavy atom. The summed E-state index contributed by atoms with van der Waals surface area (Å²) in [5.41, 5.74) is 1.85. The van der Waals surface area contributed by atoms with Crippen LogP contribution in [-0.2, 0) is 0 Å². The molecule has 0 aliphatic heterocycles. The minimum atomic E-state index is -0.271. The van der Waals surface area contributed by atoms with Gasteiger partial charge in [-0.1, -0.05) is 30.5 Å². The number of carbonyl (C=O) groups excluding carboxylic acids is 1. The summed E-state index contributed by atoms with van der Waals surface area (Å²) in [6.07, 6.45) is 6.19. The van der Waals surface area contributed by atoms with Gasteiger partial charge in [-0.25, -0.2) is 9.97 Å². The van der Waals surface area contributed by atoms with Gasteiger partial charge in [0, 0.05) is 22.8 Å². The molecule has 1 amide bonds. The van der Waals surface area contributed by atoms with Gasteiger partial charge in [-0.2, -0.15) is 0 Å². The summed E-state index contributed by atoms with van der Waals surface area (Å²) < 4.78 is 0. The number of hydrogen-bond acceptors (Lipinski definition) is 4. The van der Waals surface area contributed by atoms with Crippen LogP contribution >= 0.6 is 11.6 Å². The zero-order valence-electron chi connectivity index (χ0n) is 13.0. The lowest BCUT2D eigenvalue weighted by Gasteiger charge is -2.13. The molecular weight excluding hydrogens is 312 g/mol. The quantitative estimate of drug-likeness (QED) is 0.887. The van der Waals surface area contributed by atoms with E-state index < -0.39 is 0 Å². The van der Waals surface area contributed by atoms with Crippen molar-refractivity contribution in [3.05, 3.63) is 46.9 Å². The second-order valence-corrected chi connectivity index (χ2v) is 6.19. The molecule has 1 aromatic carbocycles. The summed E-state index contributed by atoms with van der Waals surface area (Å²) in [7, 11) is 0. The Balaban J connectivity index is 1.73. The Labute approximate surface area is 140 Å². The molecule has 0 atom stereocenters. The van der Waals surface area contributed by atoms with Crippen LogP contribution in [-0.4, -0.2) is 21.9 Å². The number of rotatable bonds is 4. The van der Waals surface area contributed by atoms with Crippen LogP contribution in [0.25, 0.3) is 0 Å². The average Bonchev–Trinajstić information content (AvgIpc) is 3.05. The molecule has 1 aliphatic carbocycles. The molecule has 120 valence electrons. The van der Waals surface area contributed by atoms with Gasteiger partial charge in [-0.3, -0.25) is 4.79 Å². The Hall–Kier alpha value is -2.14. The Bertz CT molecular complexity index is 713. The van der Waals surface area contributed by atoms with Crippen LogP contribution in [0.3, 0.4) is 0 Å². The van der Waals surface area contributed by atoms with E-state index in [4.69, 9.17) is 11.6 Å². The molecule has 0 spiro atoms. The molecule has 2 N–H and O–H groups in total. The lowest BCUT2D eigenvalue weighted by Crippen LogP contribution is -2.18. The number of hydrogen-bond donors (Lipinski definition) is 2. The minimum absolute atomic E-state index is 0.271. The molecule has 0 saturated heterocycles. The highest BCUT2D eigenvalue weighted by Gasteiger charge is 2.16. The molecule has 1 saturated carbocycles. The monoisotopic (exact) mass is 330 g/mol. The van der Waals surface area contributed by atoms with E-state index in [0.29, 0.717) is 28.3 Å². The average molecular weight is 331 g/mol. The highest BCUT2D eigenvalue weighted by atomic mass is 35.5. The molecule has 0 unspecified atom stereocenters. The summed E-state index contributed by atoms with van der Waals surface area (Å²) >= 11 is 6.08. The summed E-state index contributed by atoms with van der Waals surface area (Å²) in [6, 6.07) is 7.54. The van der Waals surface area contributed by atoms with E-state index in [-0.39, 0.29) is 5.91 Å². The number of anilines is 2. The fraction of sp³-hybridized carbons (Fsp3) is 0.353. The van der Waals surface area contributed by atoms with E-state index >= 15 is 0 Å². The molecule has 0 bridgehead atoms. The Morgan fingerprint density at radius 1 is 1.26 bits per heavy atom. The maximum absolute atomic E-state index is 12.4. The van der Waals surface area contributed by atoms with Gasteiger partial charge in [0.2, 0.25) is 0 Å². The standard InChI is InChI=1S/C17H19ClN4O/c1-11-13(18)7-4-8-14(11)22-17(23)15-9-16(20-10-19-15)21-12-5-2-3-6-12/h4,7-10,12H,2-3,5-6H2,1H3,(H,22,23)(H,19,20,21). The number of benzene rings is 1. The number of halogens is 1. The molecule has 1 fully saturated rings. The smallest absolute Gasteiger partial charge is 0.274 e. The van der Waals surface area contributed by atoms with Gasteiger partial charge in [0.1, 0.15) is 17.8 Å². The minimum Gasteiger partial charge on any atom is -0.367 e. The van der Waals surface area contributed by atoms with E-state index in [2.05, 4.69) is 20.6 Å². The molecule has 0 radical (unpaired) electrons. The molecule has 6 heteroatoms. The molecule has 5 nitrogen and oxygen atoms in total.